The summed E-state index contributed by atoms with van der Waals surface area (Å²) in [5.41, 5.74) is 2.75. The van der Waals surface area contributed by atoms with Crippen molar-refractivity contribution in [2.24, 2.45) is 0 Å². The van der Waals surface area contributed by atoms with Gasteiger partial charge >= 0.3 is 0 Å². The van der Waals surface area contributed by atoms with Crippen LogP contribution in [0.4, 0.5) is 5.69 Å². The molecule has 2 saturated heterocycles. The molecule has 0 aliphatic carbocycles. The molecule has 140 valence electrons. The van der Waals surface area contributed by atoms with Gasteiger partial charge in [0.25, 0.3) is 0 Å². The molecule has 2 aromatic carbocycles. The summed E-state index contributed by atoms with van der Waals surface area (Å²) in [6, 6.07) is 15.2. The van der Waals surface area contributed by atoms with Gasteiger partial charge in [-0.3, -0.25) is 9.59 Å². The van der Waals surface area contributed by atoms with Crippen molar-refractivity contribution in [3.8, 4) is 5.75 Å². The van der Waals surface area contributed by atoms with Gasteiger partial charge in [0.1, 0.15) is 16.7 Å². The van der Waals surface area contributed by atoms with E-state index in [0.717, 1.165) is 17.5 Å². The normalized spacial score (nSPS) is 24.0. The number of hydrogen-bond acceptors (Lipinski definition) is 4. The smallest absolute Gasteiger partial charge is 0.248 e. The summed E-state index contributed by atoms with van der Waals surface area (Å²) in [5.74, 6) is 1.07. The summed E-state index contributed by atoms with van der Waals surface area (Å²) < 4.78 is 5.36. The number of anilines is 1. The maximum Gasteiger partial charge on any atom is 0.248 e. The van der Waals surface area contributed by atoms with E-state index in [1.54, 1.807) is 23.8 Å². The first-order chi connectivity index (χ1) is 13.0. The molecule has 2 heterocycles. The third-order valence-electron chi connectivity index (χ3n) is 5.27. The van der Waals surface area contributed by atoms with Crippen LogP contribution in [-0.4, -0.2) is 35.6 Å². The van der Waals surface area contributed by atoms with Crippen molar-refractivity contribution >= 4 is 29.3 Å². The van der Waals surface area contributed by atoms with Crippen molar-refractivity contribution in [2.45, 2.75) is 30.7 Å². The number of methoxy groups -OCH3 is 1. The van der Waals surface area contributed by atoms with Gasteiger partial charge in [0, 0.05) is 12.2 Å². The molecule has 2 atom stereocenters. The maximum absolute atomic E-state index is 13.1. The summed E-state index contributed by atoms with van der Waals surface area (Å²) in [4.78, 5) is 27.1. The van der Waals surface area contributed by atoms with Crippen LogP contribution in [-0.2, 0) is 14.5 Å². The second-order valence-electron chi connectivity index (χ2n) is 6.93. The molecule has 2 fully saturated rings. The molecule has 2 amide bonds. The SMILES string of the molecule is COc1ccc(C)cc1NC(=O)[C@@H]1CS[C@]2(c3ccccc3)CCC(=O)N12. The number of ether oxygens (including phenoxy) is 1. The molecule has 0 spiro atoms. The minimum atomic E-state index is -0.490. The first-order valence-electron chi connectivity index (χ1n) is 9.02. The summed E-state index contributed by atoms with van der Waals surface area (Å²) in [7, 11) is 1.58. The van der Waals surface area contributed by atoms with Gasteiger partial charge in [0.2, 0.25) is 11.8 Å². The van der Waals surface area contributed by atoms with E-state index in [4.69, 9.17) is 4.74 Å². The Balaban J connectivity index is 1.63. The Morgan fingerprint density at radius 1 is 1.26 bits per heavy atom. The first-order valence-corrected chi connectivity index (χ1v) is 10.0. The van der Waals surface area contributed by atoms with Gasteiger partial charge in [-0.05, 0) is 36.6 Å². The lowest BCUT2D eigenvalue weighted by Crippen LogP contribution is -2.48. The van der Waals surface area contributed by atoms with Crippen LogP contribution in [0, 0.1) is 6.92 Å². The Morgan fingerprint density at radius 2 is 2.04 bits per heavy atom. The first kappa shape index (κ1) is 17.9. The number of hydrogen-bond donors (Lipinski definition) is 1. The highest BCUT2D eigenvalue weighted by atomic mass is 32.2. The van der Waals surface area contributed by atoms with Crippen molar-refractivity contribution in [3.63, 3.8) is 0 Å². The third-order valence-corrected chi connectivity index (χ3v) is 6.86. The van der Waals surface area contributed by atoms with Crippen LogP contribution in [0.1, 0.15) is 24.0 Å². The number of fused-ring (bicyclic) bond motifs is 1. The molecular weight excluding hydrogens is 360 g/mol. The van der Waals surface area contributed by atoms with Gasteiger partial charge in [0.15, 0.2) is 0 Å². The number of benzene rings is 2. The number of amides is 2. The molecule has 0 aromatic heterocycles. The Hall–Kier alpha value is -2.47. The van der Waals surface area contributed by atoms with Crippen LogP contribution >= 0.6 is 11.8 Å². The Morgan fingerprint density at radius 3 is 2.78 bits per heavy atom. The predicted octanol–water partition coefficient (Wildman–Crippen LogP) is 3.53. The summed E-state index contributed by atoms with van der Waals surface area (Å²) in [6.45, 7) is 1.96. The minimum absolute atomic E-state index is 0.0419. The number of thioether (sulfide) groups is 1. The molecule has 2 aliphatic rings. The standard InChI is InChI=1S/C21H22N2O3S/c1-14-8-9-18(26-2)16(12-14)22-20(25)17-13-27-21(11-10-19(24)23(17)21)15-6-4-3-5-7-15/h3-9,12,17H,10-11,13H2,1-2H3,(H,22,25)/t17-,21-/m0/s1. The summed E-state index contributed by atoms with van der Waals surface area (Å²) >= 11 is 1.69. The van der Waals surface area contributed by atoms with Crippen molar-refractivity contribution < 1.29 is 14.3 Å². The van der Waals surface area contributed by atoms with E-state index < -0.39 is 10.9 Å². The van der Waals surface area contributed by atoms with E-state index in [0.29, 0.717) is 23.6 Å². The fourth-order valence-corrected chi connectivity index (χ4v) is 5.62. The van der Waals surface area contributed by atoms with Crippen molar-refractivity contribution in [3.05, 3.63) is 59.7 Å². The number of nitrogens with one attached hydrogen (secondary N) is 1. The molecule has 27 heavy (non-hydrogen) atoms. The van der Waals surface area contributed by atoms with Gasteiger partial charge in [-0.15, -0.1) is 11.8 Å². The van der Waals surface area contributed by atoms with E-state index in [1.807, 2.05) is 55.5 Å². The number of aryl methyl sites for hydroxylation is 1. The van der Waals surface area contributed by atoms with E-state index in [9.17, 15) is 9.59 Å². The van der Waals surface area contributed by atoms with Crippen LogP contribution < -0.4 is 10.1 Å². The Kier molecular flexibility index (Phi) is 4.60. The highest BCUT2D eigenvalue weighted by Gasteiger charge is 2.56. The maximum atomic E-state index is 13.1. The quantitative estimate of drug-likeness (QED) is 0.879. The van der Waals surface area contributed by atoms with Gasteiger partial charge in [-0.25, -0.2) is 0 Å². The largest absolute Gasteiger partial charge is 0.495 e. The molecule has 0 bridgehead atoms. The average Bonchev–Trinajstić information content (AvgIpc) is 3.22. The van der Waals surface area contributed by atoms with E-state index in [2.05, 4.69) is 5.32 Å². The number of nitrogens with zero attached hydrogens (tertiary/aromatic N) is 1. The van der Waals surface area contributed by atoms with E-state index >= 15 is 0 Å². The zero-order chi connectivity index (χ0) is 19.0. The van der Waals surface area contributed by atoms with Crippen molar-refractivity contribution in [2.75, 3.05) is 18.2 Å². The predicted molar refractivity (Wildman–Crippen MR) is 107 cm³/mol. The van der Waals surface area contributed by atoms with Crippen LogP contribution in [0.3, 0.4) is 0 Å². The third kappa shape index (κ3) is 2.98. The Labute approximate surface area is 163 Å². The molecule has 0 radical (unpaired) electrons. The molecule has 4 rings (SSSR count). The Bertz CT molecular complexity index is 886. The van der Waals surface area contributed by atoms with Crippen LogP contribution in [0.2, 0.25) is 0 Å². The zero-order valence-corrected chi connectivity index (χ0v) is 16.2. The van der Waals surface area contributed by atoms with Gasteiger partial charge in [-0.1, -0.05) is 36.4 Å². The number of carbonyl (C=O) groups excluding carboxylic acids is 2. The number of rotatable bonds is 4. The molecular formula is C21H22N2O3S. The van der Waals surface area contributed by atoms with Crippen molar-refractivity contribution in [1.29, 1.82) is 0 Å². The van der Waals surface area contributed by atoms with Crippen LogP contribution in [0.15, 0.2) is 48.5 Å². The molecule has 0 saturated carbocycles. The minimum Gasteiger partial charge on any atom is -0.495 e. The van der Waals surface area contributed by atoms with Gasteiger partial charge < -0.3 is 15.0 Å². The van der Waals surface area contributed by atoms with Crippen LogP contribution in [0.25, 0.3) is 0 Å². The lowest BCUT2D eigenvalue weighted by Gasteiger charge is -2.34. The van der Waals surface area contributed by atoms with Gasteiger partial charge in [-0.2, -0.15) is 0 Å². The molecule has 0 unspecified atom stereocenters. The zero-order valence-electron chi connectivity index (χ0n) is 15.4. The molecule has 2 aliphatic heterocycles. The molecule has 5 nitrogen and oxygen atoms in total. The lowest BCUT2D eigenvalue weighted by atomic mass is 10.0. The fourth-order valence-electron chi connectivity index (χ4n) is 3.97. The number of carbonyl (C=O) groups is 2. The second kappa shape index (κ2) is 6.93. The summed E-state index contributed by atoms with van der Waals surface area (Å²) in [5, 5.41) is 2.97. The van der Waals surface area contributed by atoms with E-state index in [1.165, 1.54) is 0 Å². The topological polar surface area (TPSA) is 58.6 Å². The fraction of sp³-hybridized carbons (Fsp3) is 0.333. The highest BCUT2D eigenvalue weighted by Crippen LogP contribution is 2.54. The second-order valence-corrected chi connectivity index (χ2v) is 8.23. The average molecular weight is 382 g/mol. The van der Waals surface area contributed by atoms with Crippen molar-refractivity contribution in [1.82, 2.24) is 4.90 Å². The molecule has 6 heteroatoms. The van der Waals surface area contributed by atoms with Gasteiger partial charge in [0.05, 0.1) is 12.8 Å². The monoisotopic (exact) mass is 382 g/mol. The highest BCUT2D eigenvalue weighted by molar-refractivity contribution is 8.00. The molecule has 1 N–H and O–H groups in total. The van der Waals surface area contributed by atoms with Crippen LogP contribution in [0.5, 0.6) is 5.75 Å². The summed E-state index contributed by atoms with van der Waals surface area (Å²) in [6.07, 6.45) is 1.21. The lowest BCUT2D eigenvalue weighted by molar-refractivity contribution is -0.136. The van der Waals surface area contributed by atoms with E-state index in [-0.39, 0.29) is 11.8 Å². The molecule has 2 aromatic rings.